The number of aliphatic hydroxyl groups excluding tert-OH is 1. The summed E-state index contributed by atoms with van der Waals surface area (Å²) in [4.78, 5) is 43.6. The minimum atomic E-state index is -0.289. The molecule has 9 nitrogen and oxygen atoms in total. The van der Waals surface area contributed by atoms with Gasteiger partial charge >= 0.3 is 0 Å². The highest BCUT2D eigenvalue weighted by Gasteiger charge is 2.27. The maximum Gasteiger partial charge on any atom is 0.237 e. The number of hydrogen-bond acceptors (Lipinski definition) is 9. The maximum absolute atomic E-state index is 13.6. The Labute approximate surface area is 274 Å². The van der Waals surface area contributed by atoms with Crippen molar-refractivity contribution in [3.05, 3.63) is 93.0 Å². The van der Waals surface area contributed by atoms with Crippen molar-refractivity contribution in [2.24, 2.45) is 0 Å². The average molecular weight is 640 g/mol. The molecule has 1 N–H and O–H groups in total. The molecule has 1 fully saturated rings. The predicted octanol–water partition coefficient (Wildman–Crippen LogP) is 5.03. The van der Waals surface area contributed by atoms with Gasteiger partial charge in [0, 0.05) is 50.3 Å². The lowest BCUT2D eigenvalue weighted by molar-refractivity contribution is -0.118. The lowest BCUT2D eigenvalue weighted by Crippen LogP contribution is -2.50. The normalized spacial score (nSPS) is 15.3. The second-order valence-corrected chi connectivity index (χ2v) is 12.7. The maximum atomic E-state index is 13.6. The largest absolute Gasteiger partial charge is 0.480 e. The van der Waals surface area contributed by atoms with E-state index in [1.807, 2.05) is 56.3 Å². The molecule has 0 atom stereocenters. The van der Waals surface area contributed by atoms with Gasteiger partial charge in [0.25, 0.3) is 0 Å². The number of nitrogens with zero attached hydrogens (tertiary/aromatic N) is 5. The molecule has 0 radical (unpaired) electrons. The summed E-state index contributed by atoms with van der Waals surface area (Å²) in [5, 5.41) is 10.2. The Balaban J connectivity index is 1.25. The number of hydrogen-bond donors (Lipinski definition) is 1. The van der Waals surface area contributed by atoms with E-state index in [2.05, 4.69) is 14.8 Å². The molecule has 46 heavy (non-hydrogen) atoms. The molecule has 0 bridgehead atoms. The monoisotopic (exact) mass is 639 g/mol. The van der Waals surface area contributed by atoms with Crippen molar-refractivity contribution in [1.29, 1.82) is 0 Å². The molecule has 0 amide bonds. The topological polar surface area (TPSA) is 109 Å². The van der Waals surface area contributed by atoms with Gasteiger partial charge in [0.15, 0.2) is 5.78 Å². The van der Waals surface area contributed by atoms with Crippen LogP contribution in [-0.4, -0.2) is 80.8 Å². The Morgan fingerprint density at radius 1 is 1.04 bits per heavy atom. The van der Waals surface area contributed by atoms with Crippen LogP contribution in [0.5, 0.6) is 5.88 Å². The van der Waals surface area contributed by atoms with Crippen molar-refractivity contribution in [2.45, 2.75) is 52.8 Å². The molecule has 2 aromatic heterocycles. The number of β-amino-alcohol motifs (C(OH)–C–C–N with tert-alkyl or cyclic N) is 1. The number of rotatable bonds is 10. The smallest absolute Gasteiger partial charge is 0.237 e. The van der Waals surface area contributed by atoms with E-state index in [0.717, 1.165) is 57.7 Å². The number of aryl methyl sites for hydroxylation is 1. The van der Waals surface area contributed by atoms with Crippen LogP contribution in [0.2, 0.25) is 5.02 Å². The fraction of sp³-hybridized carbons (Fsp3) is 0.361. The van der Waals surface area contributed by atoms with Crippen LogP contribution in [0, 0.1) is 13.8 Å². The molecule has 2 aliphatic heterocycles. The number of fused-ring (bicyclic) bond motifs is 1. The Morgan fingerprint density at radius 2 is 1.78 bits per heavy atom. The minimum absolute atomic E-state index is 0.102. The molecule has 4 aromatic rings. The highest BCUT2D eigenvalue weighted by molar-refractivity contribution is 6.34. The van der Waals surface area contributed by atoms with Crippen molar-refractivity contribution in [1.82, 2.24) is 24.8 Å². The SMILES string of the molecule is COc1nc(-c2cccc(-c3cccc(CC(=O)c4cc(C)c5c(n4)CN(CC(C)=O)CC5)c3Cl)c2C)cnc1CN1CC(O)C1. The first kappa shape index (κ1) is 31.9. The summed E-state index contributed by atoms with van der Waals surface area (Å²) in [5.41, 5.74) is 9.28. The van der Waals surface area contributed by atoms with E-state index in [-0.39, 0.29) is 24.1 Å². The molecule has 0 spiro atoms. The van der Waals surface area contributed by atoms with Gasteiger partial charge in [-0.05, 0) is 61.1 Å². The van der Waals surface area contributed by atoms with E-state index in [1.54, 1.807) is 20.2 Å². The Hall–Kier alpha value is -4.02. The Morgan fingerprint density at radius 3 is 2.52 bits per heavy atom. The zero-order chi connectivity index (χ0) is 32.5. The van der Waals surface area contributed by atoms with Gasteiger partial charge in [0.1, 0.15) is 17.2 Å². The van der Waals surface area contributed by atoms with Crippen molar-refractivity contribution in [3.8, 4) is 28.3 Å². The lowest BCUT2D eigenvalue weighted by atomic mass is 9.92. The van der Waals surface area contributed by atoms with E-state index in [0.29, 0.717) is 55.0 Å². The second-order valence-electron chi connectivity index (χ2n) is 12.3. The average Bonchev–Trinajstić information content (AvgIpc) is 3.01. The third kappa shape index (κ3) is 6.59. The van der Waals surface area contributed by atoms with Gasteiger partial charge in [0.05, 0.1) is 42.4 Å². The predicted molar refractivity (Wildman–Crippen MR) is 177 cm³/mol. The summed E-state index contributed by atoms with van der Waals surface area (Å²) in [6, 6.07) is 13.6. The van der Waals surface area contributed by atoms with Crippen LogP contribution < -0.4 is 4.74 Å². The second kappa shape index (κ2) is 13.4. The van der Waals surface area contributed by atoms with Gasteiger partial charge in [-0.1, -0.05) is 48.0 Å². The molecule has 2 aliphatic rings. The van der Waals surface area contributed by atoms with E-state index in [1.165, 1.54) is 5.56 Å². The van der Waals surface area contributed by atoms with Gasteiger partial charge in [-0.25, -0.2) is 9.97 Å². The molecule has 10 heteroatoms. The molecule has 0 aliphatic carbocycles. The fourth-order valence-corrected chi connectivity index (χ4v) is 6.76. The van der Waals surface area contributed by atoms with Gasteiger partial charge in [0.2, 0.25) is 5.88 Å². The highest BCUT2D eigenvalue weighted by Crippen LogP contribution is 2.37. The quantitative estimate of drug-likeness (QED) is 0.239. The fourth-order valence-electron chi connectivity index (χ4n) is 6.47. The number of pyridine rings is 1. The summed E-state index contributed by atoms with van der Waals surface area (Å²) >= 11 is 7.02. The standard InChI is InChI=1S/C36H38ClN5O4/c1-21-13-30(39-32-19-41(16-22(2)43)12-11-26(21)32)34(45)14-24-7-5-10-29(35(24)37)27-8-6-9-28(23(27)3)31-15-38-33(36(40-31)46-4)20-42-17-25(44)18-42/h5-10,13,15,25,44H,11-12,14,16-20H2,1-4H3. The number of ketones is 2. The van der Waals surface area contributed by atoms with E-state index < -0.39 is 0 Å². The van der Waals surface area contributed by atoms with E-state index in [9.17, 15) is 14.7 Å². The van der Waals surface area contributed by atoms with Crippen LogP contribution in [0.1, 0.15) is 51.1 Å². The molecule has 238 valence electrons. The van der Waals surface area contributed by atoms with Crippen LogP contribution in [0.25, 0.3) is 22.4 Å². The first-order valence-corrected chi connectivity index (χ1v) is 15.9. The van der Waals surface area contributed by atoms with E-state index in [4.69, 9.17) is 26.3 Å². The van der Waals surface area contributed by atoms with Gasteiger partial charge in [-0.2, -0.15) is 0 Å². The summed E-state index contributed by atoms with van der Waals surface area (Å²) in [6.45, 7) is 9.18. The summed E-state index contributed by atoms with van der Waals surface area (Å²) in [7, 11) is 1.59. The van der Waals surface area contributed by atoms with Crippen LogP contribution >= 0.6 is 11.6 Å². The van der Waals surface area contributed by atoms with Gasteiger partial charge in [-0.3, -0.25) is 24.4 Å². The molecule has 0 unspecified atom stereocenters. The van der Waals surface area contributed by atoms with Crippen LogP contribution in [0.3, 0.4) is 0 Å². The van der Waals surface area contributed by atoms with Crippen LogP contribution in [-0.2, 0) is 30.7 Å². The summed E-state index contributed by atoms with van der Waals surface area (Å²) in [6.07, 6.45) is 2.40. The lowest BCUT2D eigenvalue weighted by Gasteiger charge is -2.35. The number of Topliss-reactive ketones (excluding diaryl/α,β-unsaturated/α-hetero) is 2. The van der Waals surface area contributed by atoms with Crippen molar-refractivity contribution < 1.29 is 19.4 Å². The number of halogens is 1. The van der Waals surface area contributed by atoms with E-state index >= 15 is 0 Å². The summed E-state index contributed by atoms with van der Waals surface area (Å²) in [5.74, 6) is 0.474. The minimum Gasteiger partial charge on any atom is -0.480 e. The van der Waals surface area contributed by atoms with Crippen molar-refractivity contribution in [2.75, 3.05) is 33.3 Å². The van der Waals surface area contributed by atoms with Crippen LogP contribution in [0.4, 0.5) is 0 Å². The number of carbonyl (C=O) groups excluding carboxylic acids is 2. The number of aromatic nitrogens is 3. The highest BCUT2D eigenvalue weighted by atomic mass is 35.5. The molecule has 0 saturated carbocycles. The Kier molecular flexibility index (Phi) is 9.29. The number of methoxy groups -OCH3 is 1. The Bertz CT molecular complexity index is 1820. The molecule has 6 rings (SSSR count). The first-order valence-electron chi connectivity index (χ1n) is 15.5. The number of likely N-dealkylation sites (tertiary alicyclic amines) is 1. The first-order chi connectivity index (χ1) is 22.1. The molecule has 2 aromatic carbocycles. The molecule has 4 heterocycles. The molecular weight excluding hydrogens is 602 g/mol. The number of aliphatic hydroxyl groups is 1. The molecule has 1 saturated heterocycles. The van der Waals surface area contributed by atoms with Crippen molar-refractivity contribution >= 4 is 23.2 Å². The van der Waals surface area contributed by atoms with Crippen LogP contribution in [0.15, 0.2) is 48.7 Å². The number of carbonyl (C=O) groups is 2. The third-order valence-electron chi connectivity index (χ3n) is 8.86. The van der Waals surface area contributed by atoms with Gasteiger partial charge < -0.3 is 9.84 Å². The van der Waals surface area contributed by atoms with Gasteiger partial charge in [-0.15, -0.1) is 0 Å². The zero-order valence-corrected chi connectivity index (χ0v) is 27.4. The third-order valence-corrected chi connectivity index (χ3v) is 9.31. The summed E-state index contributed by atoms with van der Waals surface area (Å²) < 4.78 is 5.59. The number of benzene rings is 2. The zero-order valence-electron chi connectivity index (χ0n) is 26.6. The number of ether oxygens (including phenoxy) is 1. The molecular formula is C36H38ClN5O4. The van der Waals surface area contributed by atoms with Crippen molar-refractivity contribution in [3.63, 3.8) is 0 Å².